The fraction of sp³-hybridized carbons (Fsp3) is 0.857. The van der Waals surface area contributed by atoms with Crippen LogP contribution in [-0.2, 0) is 18.1 Å². The molecule has 0 rings (SSSR count). The predicted octanol–water partition coefficient (Wildman–Crippen LogP) is 6.58. The highest BCUT2D eigenvalue weighted by Crippen LogP contribution is 2.51. The van der Waals surface area contributed by atoms with Crippen molar-refractivity contribution in [2.75, 3.05) is 7.11 Å². The van der Waals surface area contributed by atoms with Crippen molar-refractivity contribution >= 4 is 31.0 Å². The first kappa shape index (κ1) is 21.3. The fourth-order valence-electron chi connectivity index (χ4n) is 1.89. The van der Waals surface area contributed by atoms with Gasteiger partial charge in [-0.15, -0.1) is 0 Å². The first-order valence-corrected chi connectivity index (χ1v) is 9.72. The SMILES string of the molecule is CCCCCC(CCCCC)OP(=O)(OC)OC=C(Cl)Cl. The molecule has 0 amide bonds. The van der Waals surface area contributed by atoms with Gasteiger partial charge in [0.15, 0.2) is 0 Å². The first-order chi connectivity index (χ1) is 9.97. The molecule has 0 saturated carbocycles. The molecule has 0 aromatic heterocycles. The maximum Gasteiger partial charge on any atom is 0.529 e. The van der Waals surface area contributed by atoms with Crippen molar-refractivity contribution in [3.05, 3.63) is 10.8 Å². The summed E-state index contributed by atoms with van der Waals surface area (Å²) in [5.74, 6) is 0. The van der Waals surface area contributed by atoms with Gasteiger partial charge in [-0.25, -0.2) is 4.57 Å². The molecule has 126 valence electrons. The Balaban J connectivity index is 4.55. The van der Waals surface area contributed by atoms with E-state index in [-0.39, 0.29) is 10.6 Å². The Morgan fingerprint density at radius 2 is 1.62 bits per heavy atom. The summed E-state index contributed by atoms with van der Waals surface area (Å²) in [6, 6.07) is 0. The predicted molar refractivity (Wildman–Crippen MR) is 88.6 cm³/mol. The minimum absolute atomic E-state index is 0.135. The van der Waals surface area contributed by atoms with Crippen molar-refractivity contribution in [1.29, 1.82) is 0 Å². The summed E-state index contributed by atoms with van der Waals surface area (Å²) in [6.07, 6.45) is 9.08. The summed E-state index contributed by atoms with van der Waals surface area (Å²) in [6.45, 7) is 4.28. The molecule has 0 aromatic carbocycles. The second-order valence-electron chi connectivity index (χ2n) is 4.86. The molecule has 21 heavy (non-hydrogen) atoms. The van der Waals surface area contributed by atoms with Gasteiger partial charge in [-0.3, -0.25) is 9.05 Å². The largest absolute Gasteiger partial charge is 0.529 e. The maximum absolute atomic E-state index is 12.3. The van der Waals surface area contributed by atoms with Gasteiger partial charge in [-0.1, -0.05) is 75.6 Å². The van der Waals surface area contributed by atoms with E-state index in [0.29, 0.717) is 0 Å². The van der Waals surface area contributed by atoms with E-state index < -0.39 is 7.82 Å². The standard InChI is InChI=1S/C14H27Cl2O4P/c1-4-6-8-10-13(11-9-7-5-2)20-21(17,18-3)19-12-14(15)16/h12-13H,4-11H2,1-3H3. The van der Waals surface area contributed by atoms with Crippen LogP contribution < -0.4 is 0 Å². The minimum Gasteiger partial charge on any atom is -0.409 e. The van der Waals surface area contributed by atoms with E-state index in [0.717, 1.165) is 57.6 Å². The minimum atomic E-state index is -3.65. The number of halogens is 2. The fourth-order valence-corrected chi connectivity index (χ4v) is 3.14. The monoisotopic (exact) mass is 360 g/mol. The number of hydrogen-bond donors (Lipinski definition) is 0. The summed E-state index contributed by atoms with van der Waals surface area (Å²) in [5, 5.41) is 0. The molecule has 0 bridgehead atoms. The lowest BCUT2D eigenvalue weighted by Gasteiger charge is -2.22. The molecule has 0 aromatic rings. The molecule has 0 aliphatic heterocycles. The molecular formula is C14H27Cl2O4P. The molecule has 0 fully saturated rings. The Morgan fingerprint density at radius 1 is 1.10 bits per heavy atom. The zero-order valence-electron chi connectivity index (χ0n) is 13.1. The van der Waals surface area contributed by atoms with Gasteiger partial charge >= 0.3 is 7.82 Å². The van der Waals surface area contributed by atoms with Crippen LogP contribution in [0.15, 0.2) is 10.8 Å². The molecule has 0 N–H and O–H groups in total. The van der Waals surface area contributed by atoms with Crippen molar-refractivity contribution in [3.63, 3.8) is 0 Å². The second-order valence-corrected chi connectivity index (χ2v) is 7.55. The van der Waals surface area contributed by atoms with Crippen LogP contribution in [0.1, 0.15) is 65.2 Å². The number of rotatable bonds is 13. The Hall–Kier alpha value is 0.270. The first-order valence-electron chi connectivity index (χ1n) is 7.51. The van der Waals surface area contributed by atoms with E-state index >= 15 is 0 Å². The van der Waals surface area contributed by atoms with Crippen LogP contribution in [0.25, 0.3) is 0 Å². The highest BCUT2D eigenvalue weighted by molar-refractivity contribution is 7.48. The summed E-state index contributed by atoms with van der Waals surface area (Å²) in [7, 11) is -2.37. The van der Waals surface area contributed by atoms with E-state index in [2.05, 4.69) is 13.8 Å². The van der Waals surface area contributed by atoms with Crippen molar-refractivity contribution in [2.45, 2.75) is 71.3 Å². The highest BCUT2D eigenvalue weighted by Gasteiger charge is 2.29. The summed E-state index contributed by atoms with van der Waals surface area (Å²) >= 11 is 10.9. The van der Waals surface area contributed by atoms with Gasteiger partial charge in [-0.05, 0) is 12.8 Å². The van der Waals surface area contributed by atoms with Gasteiger partial charge in [0, 0.05) is 7.11 Å². The molecule has 0 radical (unpaired) electrons. The number of unbranched alkanes of at least 4 members (excludes halogenated alkanes) is 4. The number of phosphoric acid groups is 1. The van der Waals surface area contributed by atoms with Gasteiger partial charge in [0.05, 0.1) is 6.10 Å². The lowest BCUT2D eigenvalue weighted by Crippen LogP contribution is -2.13. The second kappa shape index (κ2) is 12.8. The molecule has 7 heteroatoms. The van der Waals surface area contributed by atoms with Crippen LogP contribution in [-0.4, -0.2) is 13.2 Å². The van der Waals surface area contributed by atoms with Crippen LogP contribution >= 0.6 is 31.0 Å². The van der Waals surface area contributed by atoms with Crippen LogP contribution in [0.3, 0.4) is 0 Å². The van der Waals surface area contributed by atoms with Crippen LogP contribution in [0.4, 0.5) is 0 Å². The lowest BCUT2D eigenvalue weighted by atomic mass is 10.0. The van der Waals surface area contributed by atoms with Crippen LogP contribution in [0, 0.1) is 0 Å². The molecule has 0 heterocycles. The van der Waals surface area contributed by atoms with E-state index in [1.54, 1.807) is 0 Å². The third-order valence-electron chi connectivity index (χ3n) is 3.03. The zero-order chi connectivity index (χ0) is 16.1. The molecule has 4 nitrogen and oxygen atoms in total. The summed E-state index contributed by atoms with van der Waals surface area (Å²) in [4.78, 5) is 0. The quantitative estimate of drug-likeness (QED) is 0.211. The van der Waals surface area contributed by atoms with Gasteiger partial charge in [-0.2, -0.15) is 0 Å². The van der Waals surface area contributed by atoms with Crippen LogP contribution in [0.5, 0.6) is 0 Å². The van der Waals surface area contributed by atoms with Gasteiger partial charge in [0.25, 0.3) is 0 Å². The van der Waals surface area contributed by atoms with E-state index in [1.165, 1.54) is 7.11 Å². The zero-order valence-corrected chi connectivity index (χ0v) is 15.6. The molecule has 0 spiro atoms. The summed E-state index contributed by atoms with van der Waals surface area (Å²) in [5.41, 5.74) is 0. The van der Waals surface area contributed by atoms with E-state index in [4.69, 9.17) is 36.8 Å². The van der Waals surface area contributed by atoms with E-state index in [9.17, 15) is 4.57 Å². The normalized spacial score (nSPS) is 14.0. The molecule has 0 aliphatic carbocycles. The maximum atomic E-state index is 12.3. The number of hydrogen-bond acceptors (Lipinski definition) is 4. The average molecular weight is 361 g/mol. The third kappa shape index (κ3) is 11.5. The van der Waals surface area contributed by atoms with E-state index in [1.807, 2.05) is 0 Å². The Morgan fingerprint density at radius 3 is 2.00 bits per heavy atom. The van der Waals surface area contributed by atoms with Gasteiger partial charge < -0.3 is 4.52 Å². The molecule has 1 atom stereocenters. The van der Waals surface area contributed by atoms with Gasteiger partial charge in [0.1, 0.15) is 10.8 Å². The number of phosphoric ester groups is 1. The van der Waals surface area contributed by atoms with Crippen molar-refractivity contribution in [3.8, 4) is 0 Å². The molecule has 0 aliphatic rings. The average Bonchev–Trinajstić information content (AvgIpc) is 2.45. The Kier molecular flexibility index (Phi) is 12.9. The topological polar surface area (TPSA) is 44.8 Å². The smallest absolute Gasteiger partial charge is 0.409 e. The summed E-state index contributed by atoms with van der Waals surface area (Å²) < 4.78 is 27.6. The van der Waals surface area contributed by atoms with Gasteiger partial charge in [0.2, 0.25) is 0 Å². The lowest BCUT2D eigenvalue weighted by molar-refractivity contribution is 0.0992. The van der Waals surface area contributed by atoms with Crippen molar-refractivity contribution < 1.29 is 18.1 Å². The Bertz CT molecular complexity index is 323. The molecule has 0 saturated heterocycles. The van der Waals surface area contributed by atoms with Crippen LogP contribution in [0.2, 0.25) is 0 Å². The van der Waals surface area contributed by atoms with Crippen molar-refractivity contribution in [1.82, 2.24) is 0 Å². The Labute approximate surface area is 138 Å². The molecular weight excluding hydrogens is 334 g/mol. The molecule has 1 unspecified atom stereocenters. The third-order valence-corrected chi connectivity index (χ3v) is 4.58. The van der Waals surface area contributed by atoms with Crippen molar-refractivity contribution in [2.24, 2.45) is 0 Å². The highest BCUT2D eigenvalue weighted by atomic mass is 35.5.